The zero-order valence-corrected chi connectivity index (χ0v) is 19.5. The molecule has 0 radical (unpaired) electrons. The van der Waals surface area contributed by atoms with Crippen molar-refractivity contribution in [1.29, 1.82) is 0 Å². The Labute approximate surface area is 185 Å². The Balaban J connectivity index is 1.57. The molecule has 0 aliphatic carbocycles. The summed E-state index contributed by atoms with van der Waals surface area (Å²) >= 11 is 0. The van der Waals surface area contributed by atoms with Crippen molar-refractivity contribution in [2.24, 2.45) is 11.1 Å². The van der Waals surface area contributed by atoms with Gasteiger partial charge in [0.2, 0.25) is 11.8 Å². The number of aryl methyl sites for hydroxylation is 2. The largest absolute Gasteiger partial charge is 0.475 e. The number of nitrogens with two attached hydrogens (primary N) is 1. The van der Waals surface area contributed by atoms with E-state index in [9.17, 15) is 4.79 Å². The summed E-state index contributed by atoms with van der Waals surface area (Å²) in [6.45, 7) is 11.0. The van der Waals surface area contributed by atoms with Crippen LogP contribution in [0.2, 0.25) is 0 Å². The average molecular weight is 425 g/mol. The van der Waals surface area contributed by atoms with Crippen LogP contribution >= 0.6 is 0 Å². The maximum absolute atomic E-state index is 13.3. The number of benzene rings is 1. The molecule has 2 aliphatic rings. The molecule has 1 aromatic heterocycles. The third-order valence-electron chi connectivity index (χ3n) is 6.96. The summed E-state index contributed by atoms with van der Waals surface area (Å²) in [5.41, 5.74) is 10.8. The molecular formula is C25H36N4O2. The van der Waals surface area contributed by atoms with Gasteiger partial charge in [0.15, 0.2) is 0 Å². The van der Waals surface area contributed by atoms with Crippen LogP contribution in [0.3, 0.4) is 0 Å². The number of ether oxygens (including phenoxy) is 1. The van der Waals surface area contributed by atoms with E-state index >= 15 is 0 Å². The lowest BCUT2D eigenvalue weighted by atomic mass is 9.92. The lowest BCUT2D eigenvalue weighted by Gasteiger charge is -2.32. The molecule has 6 heteroatoms. The summed E-state index contributed by atoms with van der Waals surface area (Å²) in [5.74, 6) is 0.839. The van der Waals surface area contributed by atoms with Crippen molar-refractivity contribution in [2.75, 3.05) is 13.2 Å². The van der Waals surface area contributed by atoms with Gasteiger partial charge in [0.05, 0.1) is 11.1 Å². The Morgan fingerprint density at radius 3 is 2.32 bits per heavy atom. The molecule has 31 heavy (non-hydrogen) atoms. The van der Waals surface area contributed by atoms with Gasteiger partial charge >= 0.3 is 0 Å². The quantitative estimate of drug-likeness (QED) is 0.693. The van der Waals surface area contributed by atoms with Gasteiger partial charge < -0.3 is 15.4 Å². The highest BCUT2D eigenvalue weighted by Crippen LogP contribution is 2.41. The molecule has 4 rings (SSSR count). The number of aromatic nitrogens is 2. The molecule has 168 valence electrons. The Morgan fingerprint density at radius 1 is 1.19 bits per heavy atom. The van der Waals surface area contributed by atoms with Crippen molar-refractivity contribution in [2.45, 2.75) is 78.3 Å². The molecule has 1 amide bonds. The number of amides is 1. The van der Waals surface area contributed by atoms with E-state index < -0.39 is 5.41 Å². The Hall–Kier alpha value is -2.34. The van der Waals surface area contributed by atoms with Crippen LogP contribution < -0.4 is 10.5 Å². The van der Waals surface area contributed by atoms with E-state index in [1.807, 2.05) is 13.8 Å². The second kappa shape index (κ2) is 8.30. The standard InChI is InChI=1S/C25H36N4O2/c1-15-10-16(2)12-18(11-15)22-21(17(3)13-26)23(28-27-22)31-14-25(4,5)24(30)29-19-6-7-20(29)9-8-19/h10-12,17,19-20H,6-9,13-14,26H2,1-5H3,(H,27,28)/t17-,19?,20?/m1/s1. The molecular weight excluding hydrogens is 388 g/mol. The lowest BCUT2D eigenvalue weighted by molar-refractivity contribution is -0.143. The minimum Gasteiger partial charge on any atom is -0.475 e. The van der Waals surface area contributed by atoms with Crippen LogP contribution in [0.25, 0.3) is 11.3 Å². The number of carbonyl (C=O) groups excluding carboxylic acids is 1. The van der Waals surface area contributed by atoms with E-state index in [-0.39, 0.29) is 11.8 Å². The number of carbonyl (C=O) groups is 1. The minimum absolute atomic E-state index is 0.0813. The monoisotopic (exact) mass is 424 g/mol. The fourth-order valence-electron chi connectivity index (χ4n) is 5.26. The average Bonchev–Trinajstić information content (AvgIpc) is 3.44. The van der Waals surface area contributed by atoms with Crippen molar-refractivity contribution in [1.82, 2.24) is 15.1 Å². The molecule has 2 fully saturated rings. The summed E-state index contributed by atoms with van der Waals surface area (Å²) in [5, 5.41) is 7.67. The number of nitrogens with one attached hydrogen (secondary N) is 1. The van der Waals surface area contributed by atoms with Crippen LogP contribution in [0.15, 0.2) is 18.2 Å². The molecule has 1 aromatic carbocycles. The highest BCUT2D eigenvalue weighted by Gasteiger charge is 2.46. The zero-order valence-electron chi connectivity index (χ0n) is 19.5. The first-order chi connectivity index (χ1) is 14.7. The lowest BCUT2D eigenvalue weighted by Crippen LogP contribution is -2.46. The summed E-state index contributed by atoms with van der Waals surface area (Å²) in [4.78, 5) is 15.5. The molecule has 3 N–H and O–H groups in total. The Morgan fingerprint density at radius 2 is 1.77 bits per heavy atom. The molecule has 6 nitrogen and oxygen atoms in total. The number of rotatable bonds is 7. The summed E-state index contributed by atoms with van der Waals surface area (Å²) in [6, 6.07) is 7.29. The van der Waals surface area contributed by atoms with Crippen LogP contribution in [0, 0.1) is 19.3 Å². The first-order valence-corrected chi connectivity index (χ1v) is 11.5. The van der Waals surface area contributed by atoms with Crippen molar-refractivity contribution in [3.63, 3.8) is 0 Å². The van der Waals surface area contributed by atoms with Crippen LogP contribution in [0.4, 0.5) is 0 Å². The van der Waals surface area contributed by atoms with Crippen LogP contribution in [0.1, 0.15) is 69.1 Å². The van der Waals surface area contributed by atoms with Crippen molar-refractivity contribution < 1.29 is 9.53 Å². The number of aromatic amines is 1. The second-order valence-corrected chi connectivity index (χ2v) is 10.2. The van der Waals surface area contributed by atoms with E-state index in [2.05, 4.69) is 54.1 Å². The molecule has 1 atom stereocenters. The maximum atomic E-state index is 13.3. The molecule has 2 bridgehead atoms. The van der Waals surface area contributed by atoms with E-state index in [1.165, 1.54) is 11.1 Å². The highest BCUT2D eigenvalue weighted by molar-refractivity contribution is 5.83. The van der Waals surface area contributed by atoms with E-state index in [4.69, 9.17) is 10.5 Å². The summed E-state index contributed by atoms with van der Waals surface area (Å²) in [7, 11) is 0. The molecule has 0 saturated carbocycles. The summed E-state index contributed by atoms with van der Waals surface area (Å²) in [6.07, 6.45) is 4.57. The number of hydrogen-bond donors (Lipinski definition) is 2. The third kappa shape index (κ3) is 4.10. The van der Waals surface area contributed by atoms with Crippen molar-refractivity contribution in [3.05, 3.63) is 34.9 Å². The zero-order chi connectivity index (χ0) is 22.3. The predicted molar refractivity (Wildman–Crippen MR) is 123 cm³/mol. The highest BCUT2D eigenvalue weighted by atomic mass is 16.5. The normalized spacial score (nSPS) is 21.5. The fourth-order valence-corrected chi connectivity index (χ4v) is 5.26. The fraction of sp³-hybridized carbons (Fsp3) is 0.600. The minimum atomic E-state index is -0.604. The number of fused-ring (bicyclic) bond motifs is 2. The van der Waals surface area contributed by atoms with Crippen molar-refractivity contribution in [3.8, 4) is 17.1 Å². The SMILES string of the molecule is Cc1cc(C)cc(-c2[nH]nc(OCC(C)(C)C(=O)N3C4CCC3CC4)c2[C@H](C)CN)c1. The van der Waals surface area contributed by atoms with Gasteiger partial charge in [0.1, 0.15) is 6.61 Å². The Kier molecular flexibility index (Phi) is 5.86. The first kappa shape index (κ1) is 21.9. The number of nitrogens with zero attached hydrogens (tertiary/aromatic N) is 2. The molecule has 3 heterocycles. The van der Waals surface area contributed by atoms with E-state index in [0.29, 0.717) is 31.1 Å². The van der Waals surface area contributed by atoms with Gasteiger partial charge in [-0.1, -0.05) is 24.1 Å². The van der Waals surface area contributed by atoms with Gasteiger partial charge in [0, 0.05) is 29.1 Å². The van der Waals surface area contributed by atoms with Gasteiger partial charge in [-0.3, -0.25) is 9.89 Å². The maximum Gasteiger partial charge on any atom is 0.236 e. The third-order valence-corrected chi connectivity index (χ3v) is 6.96. The molecule has 0 spiro atoms. The van der Waals surface area contributed by atoms with Gasteiger partial charge in [-0.25, -0.2) is 0 Å². The first-order valence-electron chi connectivity index (χ1n) is 11.5. The van der Waals surface area contributed by atoms with Gasteiger partial charge in [-0.15, -0.1) is 5.10 Å². The molecule has 0 unspecified atom stereocenters. The van der Waals surface area contributed by atoms with Gasteiger partial charge in [0.25, 0.3) is 0 Å². The van der Waals surface area contributed by atoms with Crippen molar-refractivity contribution >= 4 is 5.91 Å². The smallest absolute Gasteiger partial charge is 0.236 e. The van der Waals surface area contributed by atoms with Crippen LogP contribution in [-0.2, 0) is 4.79 Å². The molecule has 2 saturated heterocycles. The van der Waals surface area contributed by atoms with E-state index in [1.54, 1.807) is 0 Å². The van der Waals surface area contributed by atoms with Gasteiger partial charge in [-0.05, 0) is 72.1 Å². The topological polar surface area (TPSA) is 84.2 Å². The van der Waals surface area contributed by atoms with Gasteiger partial charge in [-0.2, -0.15) is 0 Å². The number of hydrogen-bond acceptors (Lipinski definition) is 4. The molecule has 2 aromatic rings. The molecule has 2 aliphatic heterocycles. The predicted octanol–water partition coefficient (Wildman–Crippen LogP) is 4.31. The number of H-pyrrole nitrogens is 1. The Bertz CT molecular complexity index is 924. The van der Waals surface area contributed by atoms with Crippen LogP contribution in [-0.4, -0.2) is 46.2 Å². The van der Waals surface area contributed by atoms with Crippen LogP contribution in [0.5, 0.6) is 5.88 Å². The second-order valence-electron chi connectivity index (χ2n) is 10.2. The van der Waals surface area contributed by atoms with E-state index in [0.717, 1.165) is 42.5 Å². The summed E-state index contributed by atoms with van der Waals surface area (Å²) < 4.78 is 6.21.